The highest BCUT2D eigenvalue weighted by Gasteiger charge is 2.15. The third kappa shape index (κ3) is 3.19. The van der Waals surface area contributed by atoms with Gasteiger partial charge in [0.1, 0.15) is 0 Å². The summed E-state index contributed by atoms with van der Waals surface area (Å²) in [6, 6.07) is 7.78. The molecule has 0 fully saturated rings. The topological polar surface area (TPSA) is 43.8 Å². The lowest BCUT2D eigenvalue weighted by atomic mass is 10.0. The Morgan fingerprint density at radius 1 is 1.47 bits per heavy atom. The second-order valence-corrected chi connectivity index (χ2v) is 5.78. The van der Waals surface area contributed by atoms with Crippen LogP contribution in [-0.4, -0.2) is 9.78 Å². The van der Waals surface area contributed by atoms with Gasteiger partial charge in [-0.25, -0.2) is 0 Å². The van der Waals surface area contributed by atoms with Crippen molar-refractivity contribution in [3.63, 3.8) is 0 Å². The molecular formula is C14H17BrClN3. The van der Waals surface area contributed by atoms with Crippen molar-refractivity contribution in [1.29, 1.82) is 0 Å². The summed E-state index contributed by atoms with van der Waals surface area (Å²) in [4.78, 5) is 0. The predicted octanol–water partition coefficient (Wildman–Crippen LogP) is 3.87. The maximum Gasteiger partial charge on any atom is 0.0596 e. The minimum absolute atomic E-state index is 0.133. The van der Waals surface area contributed by atoms with Crippen LogP contribution in [-0.2, 0) is 13.0 Å². The number of halogens is 2. The number of rotatable bonds is 4. The summed E-state index contributed by atoms with van der Waals surface area (Å²) in [5, 5.41) is 5.12. The van der Waals surface area contributed by atoms with Crippen LogP contribution in [0.4, 0.5) is 0 Å². The molecule has 0 aliphatic carbocycles. The van der Waals surface area contributed by atoms with E-state index >= 15 is 0 Å². The van der Waals surface area contributed by atoms with E-state index in [2.05, 4.69) is 34.0 Å². The Morgan fingerprint density at radius 3 is 2.89 bits per heavy atom. The van der Waals surface area contributed by atoms with Gasteiger partial charge in [-0.2, -0.15) is 5.10 Å². The third-order valence-electron chi connectivity index (χ3n) is 3.10. The molecule has 0 saturated carbocycles. The molecule has 0 amide bonds. The van der Waals surface area contributed by atoms with Gasteiger partial charge in [0.05, 0.1) is 10.7 Å². The summed E-state index contributed by atoms with van der Waals surface area (Å²) in [5.41, 5.74) is 9.40. The summed E-state index contributed by atoms with van der Waals surface area (Å²) >= 11 is 9.71. The zero-order valence-corrected chi connectivity index (χ0v) is 13.4. The van der Waals surface area contributed by atoms with Crippen LogP contribution in [0.15, 0.2) is 28.7 Å². The molecule has 0 spiro atoms. The molecule has 2 aromatic rings. The predicted molar refractivity (Wildman–Crippen MR) is 82.4 cm³/mol. The zero-order valence-electron chi connectivity index (χ0n) is 11.0. The second-order valence-electron chi connectivity index (χ2n) is 4.55. The quantitative estimate of drug-likeness (QED) is 0.916. The second kappa shape index (κ2) is 6.07. The highest BCUT2D eigenvalue weighted by atomic mass is 79.9. The number of aryl methyl sites for hydroxylation is 2. The van der Waals surface area contributed by atoms with Gasteiger partial charge in [0.25, 0.3) is 0 Å². The Labute approximate surface area is 126 Å². The van der Waals surface area contributed by atoms with Crippen molar-refractivity contribution in [3.8, 4) is 0 Å². The molecular weight excluding hydrogens is 326 g/mol. The van der Waals surface area contributed by atoms with Crippen LogP contribution < -0.4 is 5.73 Å². The van der Waals surface area contributed by atoms with Crippen LogP contribution in [0.2, 0.25) is 5.02 Å². The first-order valence-corrected chi connectivity index (χ1v) is 7.42. The Hall–Kier alpha value is -0.840. The average molecular weight is 343 g/mol. The van der Waals surface area contributed by atoms with E-state index in [0.717, 1.165) is 34.4 Å². The summed E-state index contributed by atoms with van der Waals surface area (Å²) in [5.74, 6) is 0. The molecule has 0 aliphatic rings. The normalized spacial score (nSPS) is 12.7. The van der Waals surface area contributed by atoms with E-state index in [4.69, 9.17) is 17.3 Å². The van der Waals surface area contributed by atoms with E-state index in [1.54, 1.807) is 0 Å². The molecule has 3 nitrogen and oxygen atoms in total. The lowest BCUT2D eigenvalue weighted by Gasteiger charge is -2.15. The summed E-state index contributed by atoms with van der Waals surface area (Å²) < 4.78 is 2.86. The molecule has 0 bridgehead atoms. The van der Waals surface area contributed by atoms with E-state index in [0.29, 0.717) is 5.02 Å². The Bertz CT molecular complexity index is 580. The lowest BCUT2D eigenvalue weighted by molar-refractivity contribution is 0.587. The van der Waals surface area contributed by atoms with Crippen LogP contribution in [0.5, 0.6) is 0 Å². The fourth-order valence-corrected chi connectivity index (χ4v) is 2.83. The van der Waals surface area contributed by atoms with E-state index in [-0.39, 0.29) is 6.04 Å². The molecule has 0 radical (unpaired) electrons. The average Bonchev–Trinajstić information content (AvgIpc) is 2.72. The van der Waals surface area contributed by atoms with Crippen molar-refractivity contribution >= 4 is 27.5 Å². The van der Waals surface area contributed by atoms with Crippen molar-refractivity contribution < 1.29 is 0 Å². The van der Waals surface area contributed by atoms with Crippen molar-refractivity contribution in [3.05, 3.63) is 50.7 Å². The monoisotopic (exact) mass is 341 g/mol. The van der Waals surface area contributed by atoms with Crippen LogP contribution >= 0.6 is 27.5 Å². The highest BCUT2D eigenvalue weighted by Crippen LogP contribution is 2.30. The summed E-state index contributed by atoms with van der Waals surface area (Å²) in [6.45, 7) is 4.92. The van der Waals surface area contributed by atoms with Crippen molar-refractivity contribution in [1.82, 2.24) is 9.78 Å². The van der Waals surface area contributed by atoms with Gasteiger partial charge in [0.15, 0.2) is 0 Å². The van der Waals surface area contributed by atoms with E-state index in [1.807, 2.05) is 29.8 Å². The molecule has 1 aromatic carbocycles. The maximum absolute atomic E-state index is 6.28. The smallest absolute Gasteiger partial charge is 0.0596 e. The first-order chi connectivity index (χ1) is 9.02. The standard InChI is InChI=1S/C14H17BrClN3/c1-3-19-10(7-9(2)18-19)8-13(17)11-5-4-6-12(15)14(11)16/h4-7,13H,3,8,17H2,1-2H3. The number of hydrogen-bond acceptors (Lipinski definition) is 2. The summed E-state index contributed by atoms with van der Waals surface area (Å²) in [6.07, 6.45) is 0.727. The maximum atomic E-state index is 6.28. The number of benzene rings is 1. The number of hydrogen-bond donors (Lipinski definition) is 1. The van der Waals surface area contributed by atoms with Gasteiger partial charge < -0.3 is 5.73 Å². The molecule has 1 atom stereocenters. The van der Waals surface area contributed by atoms with Gasteiger partial charge >= 0.3 is 0 Å². The minimum atomic E-state index is -0.133. The zero-order chi connectivity index (χ0) is 14.0. The molecule has 19 heavy (non-hydrogen) atoms. The fourth-order valence-electron chi connectivity index (χ4n) is 2.18. The fraction of sp³-hybridized carbons (Fsp3) is 0.357. The van der Waals surface area contributed by atoms with Gasteiger partial charge in [0, 0.05) is 29.2 Å². The van der Waals surface area contributed by atoms with Gasteiger partial charge in [-0.15, -0.1) is 0 Å². The molecule has 1 heterocycles. The SMILES string of the molecule is CCn1nc(C)cc1CC(N)c1cccc(Br)c1Cl. The van der Waals surface area contributed by atoms with Gasteiger partial charge in [0.2, 0.25) is 0 Å². The van der Waals surface area contributed by atoms with Crippen molar-refractivity contribution in [2.45, 2.75) is 32.9 Å². The van der Waals surface area contributed by atoms with Crippen molar-refractivity contribution in [2.24, 2.45) is 5.73 Å². The molecule has 1 unspecified atom stereocenters. The summed E-state index contributed by atoms with van der Waals surface area (Å²) in [7, 11) is 0. The Balaban J connectivity index is 2.25. The van der Waals surface area contributed by atoms with Crippen molar-refractivity contribution in [2.75, 3.05) is 0 Å². The van der Waals surface area contributed by atoms with Crippen LogP contribution in [0.1, 0.15) is 29.9 Å². The third-order valence-corrected chi connectivity index (χ3v) is 4.41. The largest absolute Gasteiger partial charge is 0.324 e. The lowest BCUT2D eigenvalue weighted by Crippen LogP contribution is -2.16. The molecule has 2 N–H and O–H groups in total. The van der Waals surface area contributed by atoms with Crippen LogP contribution in [0.25, 0.3) is 0 Å². The Morgan fingerprint density at radius 2 is 2.21 bits per heavy atom. The molecule has 5 heteroatoms. The number of nitrogens with zero attached hydrogens (tertiary/aromatic N) is 2. The molecule has 102 valence electrons. The highest BCUT2D eigenvalue weighted by molar-refractivity contribution is 9.10. The van der Waals surface area contributed by atoms with E-state index in [9.17, 15) is 0 Å². The van der Waals surface area contributed by atoms with Gasteiger partial charge in [-0.3, -0.25) is 4.68 Å². The van der Waals surface area contributed by atoms with Gasteiger partial charge in [-0.05, 0) is 47.5 Å². The number of aromatic nitrogens is 2. The molecule has 2 rings (SSSR count). The van der Waals surface area contributed by atoms with E-state index in [1.165, 1.54) is 0 Å². The number of nitrogens with two attached hydrogens (primary N) is 1. The first-order valence-electron chi connectivity index (χ1n) is 6.25. The van der Waals surface area contributed by atoms with E-state index < -0.39 is 0 Å². The Kier molecular flexibility index (Phi) is 4.66. The molecule has 0 saturated heterocycles. The minimum Gasteiger partial charge on any atom is -0.324 e. The first kappa shape index (κ1) is 14.6. The molecule has 1 aromatic heterocycles. The van der Waals surface area contributed by atoms with Crippen LogP contribution in [0.3, 0.4) is 0 Å². The van der Waals surface area contributed by atoms with Crippen LogP contribution in [0, 0.1) is 6.92 Å². The molecule has 0 aliphatic heterocycles. The van der Waals surface area contributed by atoms with Gasteiger partial charge in [-0.1, -0.05) is 23.7 Å².